The number of hydrogen-bond donors (Lipinski definition) is 0. The van der Waals surface area contributed by atoms with Gasteiger partial charge in [-0.05, 0) is 25.7 Å². The van der Waals surface area contributed by atoms with Crippen LogP contribution >= 0.6 is 11.6 Å². The van der Waals surface area contributed by atoms with Gasteiger partial charge in [0, 0.05) is 4.87 Å². The van der Waals surface area contributed by atoms with Gasteiger partial charge < -0.3 is 0 Å². The molecule has 0 heterocycles. The van der Waals surface area contributed by atoms with Gasteiger partial charge in [-0.25, -0.2) is 0 Å². The molecule has 23 heavy (non-hydrogen) atoms. The lowest BCUT2D eigenvalue weighted by atomic mass is 9.85. The highest BCUT2D eigenvalue weighted by atomic mass is 35.5. The van der Waals surface area contributed by atoms with Crippen LogP contribution in [-0.4, -0.2) is 4.87 Å². The van der Waals surface area contributed by atoms with Gasteiger partial charge in [-0.1, -0.05) is 111 Å². The van der Waals surface area contributed by atoms with E-state index in [0.29, 0.717) is 5.92 Å². The summed E-state index contributed by atoms with van der Waals surface area (Å²) < 4.78 is 0. The molecule has 0 aromatic heterocycles. The predicted molar refractivity (Wildman–Crippen MR) is 109 cm³/mol. The molecular formula is C22H45Cl. The molecular weight excluding hydrogens is 300 g/mol. The summed E-state index contributed by atoms with van der Waals surface area (Å²) >= 11 is 6.83. The van der Waals surface area contributed by atoms with Crippen molar-refractivity contribution in [2.24, 2.45) is 5.92 Å². The summed E-state index contributed by atoms with van der Waals surface area (Å²) in [6.07, 6.45) is 22.0. The third-order valence-electron chi connectivity index (χ3n) is 5.54. The maximum atomic E-state index is 6.83. The van der Waals surface area contributed by atoms with E-state index in [2.05, 4.69) is 27.7 Å². The molecule has 1 heteroatoms. The highest BCUT2D eigenvalue weighted by Crippen LogP contribution is 2.34. The predicted octanol–water partition coefficient (Wildman–Crippen LogP) is 8.90. The first kappa shape index (κ1) is 23.3. The fourth-order valence-electron chi connectivity index (χ4n) is 3.38. The summed E-state index contributed by atoms with van der Waals surface area (Å²) in [6.45, 7) is 9.21. The van der Waals surface area contributed by atoms with Crippen molar-refractivity contribution in [2.75, 3.05) is 0 Å². The van der Waals surface area contributed by atoms with E-state index in [4.69, 9.17) is 11.6 Å². The minimum atomic E-state index is 0.0195. The zero-order chi connectivity index (χ0) is 17.4. The summed E-state index contributed by atoms with van der Waals surface area (Å²) in [5.41, 5.74) is 0. The van der Waals surface area contributed by atoms with Crippen molar-refractivity contribution < 1.29 is 0 Å². The van der Waals surface area contributed by atoms with E-state index in [0.717, 1.165) is 0 Å². The van der Waals surface area contributed by atoms with Gasteiger partial charge >= 0.3 is 0 Å². The second kappa shape index (κ2) is 15.8. The molecule has 0 spiro atoms. The molecule has 0 radical (unpaired) electrons. The van der Waals surface area contributed by atoms with Crippen molar-refractivity contribution in [3.8, 4) is 0 Å². The maximum absolute atomic E-state index is 6.83. The summed E-state index contributed by atoms with van der Waals surface area (Å²) in [7, 11) is 0. The number of rotatable bonds is 17. The van der Waals surface area contributed by atoms with Crippen molar-refractivity contribution in [1.82, 2.24) is 0 Å². The Bertz CT molecular complexity index is 234. The normalized spacial score (nSPS) is 15.5. The molecule has 0 rings (SSSR count). The molecule has 140 valence electrons. The maximum Gasteiger partial charge on any atom is 0.0444 e. The summed E-state index contributed by atoms with van der Waals surface area (Å²) in [5, 5.41) is 0. The van der Waals surface area contributed by atoms with Crippen LogP contribution in [0.5, 0.6) is 0 Å². The molecule has 2 unspecified atom stereocenters. The van der Waals surface area contributed by atoms with E-state index in [1.165, 1.54) is 103 Å². The van der Waals surface area contributed by atoms with Crippen molar-refractivity contribution in [1.29, 1.82) is 0 Å². The second-order valence-electron chi connectivity index (χ2n) is 7.96. The first-order valence-corrected chi connectivity index (χ1v) is 11.1. The Kier molecular flexibility index (Phi) is 16.0. The van der Waals surface area contributed by atoms with Gasteiger partial charge in [0.05, 0.1) is 0 Å². The minimum Gasteiger partial charge on any atom is -0.119 e. The van der Waals surface area contributed by atoms with Crippen LogP contribution in [0.4, 0.5) is 0 Å². The quantitative estimate of drug-likeness (QED) is 0.182. The summed E-state index contributed by atoms with van der Waals surface area (Å²) in [5.74, 6) is 0.653. The summed E-state index contributed by atoms with van der Waals surface area (Å²) in [4.78, 5) is 0.0195. The van der Waals surface area contributed by atoms with Crippen molar-refractivity contribution >= 4 is 11.6 Å². The van der Waals surface area contributed by atoms with E-state index >= 15 is 0 Å². The molecule has 0 bridgehead atoms. The van der Waals surface area contributed by atoms with Gasteiger partial charge in [-0.2, -0.15) is 0 Å². The van der Waals surface area contributed by atoms with Crippen molar-refractivity contribution in [3.05, 3.63) is 0 Å². The number of alkyl halides is 1. The lowest BCUT2D eigenvalue weighted by Gasteiger charge is -2.29. The molecule has 0 amide bonds. The largest absolute Gasteiger partial charge is 0.119 e. The third-order valence-corrected chi connectivity index (χ3v) is 6.10. The number of unbranched alkanes of at least 4 members (excludes halogenated alkanes) is 12. The Labute approximate surface area is 153 Å². The van der Waals surface area contributed by atoms with Gasteiger partial charge in [-0.3, -0.25) is 0 Å². The van der Waals surface area contributed by atoms with E-state index < -0.39 is 0 Å². The Balaban J connectivity index is 3.57. The van der Waals surface area contributed by atoms with Crippen molar-refractivity contribution in [3.63, 3.8) is 0 Å². The van der Waals surface area contributed by atoms with Crippen LogP contribution in [0.2, 0.25) is 0 Å². The van der Waals surface area contributed by atoms with Gasteiger partial charge in [0.15, 0.2) is 0 Å². The Morgan fingerprint density at radius 1 is 0.652 bits per heavy atom. The van der Waals surface area contributed by atoms with Crippen LogP contribution in [0.15, 0.2) is 0 Å². The van der Waals surface area contributed by atoms with Crippen LogP contribution in [0.3, 0.4) is 0 Å². The molecule has 0 aromatic rings. The molecule has 0 aliphatic heterocycles. The topological polar surface area (TPSA) is 0 Å². The van der Waals surface area contributed by atoms with E-state index in [-0.39, 0.29) is 4.87 Å². The smallest absolute Gasteiger partial charge is 0.0444 e. The number of hydrogen-bond acceptors (Lipinski definition) is 0. The van der Waals surface area contributed by atoms with Gasteiger partial charge in [0.25, 0.3) is 0 Å². The first-order chi connectivity index (χ1) is 11.0. The van der Waals surface area contributed by atoms with Crippen LogP contribution in [-0.2, 0) is 0 Å². The number of halogens is 1. The van der Waals surface area contributed by atoms with E-state index in [1.54, 1.807) is 0 Å². The fraction of sp³-hybridized carbons (Fsp3) is 1.00. The van der Waals surface area contributed by atoms with E-state index in [9.17, 15) is 0 Å². The monoisotopic (exact) mass is 344 g/mol. The summed E-state index contributed by atoms with van der Waals surface area (Å²) in [6, 6.07) is 0. The molecule has 0 aromatic carbocycles. The zero-order valence-electron chi connectivity index (χ0n) is 16.8. The standard InChI is InChI=1S/C22H45Cl/c1-5-7-9-11-13-14-16-18-20-22(4,23)21(3)19-17-15-12-10-8-6-2/h21H,5-20H2,1-4H3. The average Bonchev–Trinajstić information content (AvgIpc) is 2.53. The molecule has 0 N–H and O–H groups in total. The zero-order valence-corrected chi connectivity index (χ0v) is 17.5. The Morgan fingerprint density at radius 3 is 1.52 bits per heavy atom. The molecule has 0 saturated heterocycles. The third kappa shape index (κ3) is 14.3. The second-order valence-corrected chi connectivity index (χ2v) is 8.82. The van der Waals surface area contributed by atoms with Crippen LogP contribution in [0.1, 0.15) is 130 Å². The SMILES string of the molecule is CCCCCCCCCCC(C)(Cl)C(C)CCCCCCCC. The molecule has 0 fully saturated rings. The highest BCUT2D eigenvalue weighted by molar-refractivity contribution is 6.23. The first-order valence-electron chi connectivity index (χ1n) is 10.7. The fourth-order valence-corrected chi connectivity index (χ4v) is 3.63. The van der Waals surface area contributed by atoms with Gasteiger partial charge in [0.2, 0.25) is 0 Å². The average molecular weight is 345 g/mol. The molecule has 2 atom stereocenters. The van der Waals surface area contributed by atoms with E-state index in [1.807, 2.05) is 0 Å². The molecule has 0 saturated carbocycles. The van der Waals surface area contributed by atoms with Crippen molar-refractivity contribution in [2.45, 2.75) is 135 Å². The lowest BCUT2D eigenvalue weighted by molar-refractivity contribution is 0.350. The Hall–Kier alpha value is 0.290. The molecule has 0 nitrogen and oxygen atoms in total. The Morgan fingerprint density at radius 2 is 1.04 bits per heavy atom. The van der Waals surface area contributed by atoms with Crippen LogP contribution < -0.4 is 0 Å². The minimum absolute atomic E-state index is 0.0195. The molecule has 0 aliphatic carbocycles. The highest BCUT2D eigenvalue weighted by Gasteiger charge is 2.27. The molecule has 0 aliphatic rings. The van der Waals surface area contributed by atoms with Gasteiger partial charge in [-0.15, -0.1) is 11.6 Å². The van der Waals surface area contributed by atoms with Gasteiger partial charge in [0.1, 0.15) is 0 Å². The van der Waals surface area contributed by atoms with Crippen LogP contribution in [0.25, 0.3) is 0 Å². The van der Waals surface area contributed by atoms with Crippen LogP contribution in [0, 0.1) is 5.92 Å². The lowest BCUT2D eigenvalue weighted by Crippen LogP contribution is -2.26.